The molecule has 0 aromatic carbocycles. The van der Waals surface area contributed by atoms with E-state index in [2.05, 4.69) is 14.6 Å². The number of pyridine rings is 1. The van der Waals surface area contributed by atoms with Gasteiger partial charge in [0.2, 0.25) is 0 Å². The highest BCUT2D eigenvalue weighted by molar-refractivity contribution is 5.88. The van der Waals surface area contributed by atoms with Crippen LogP contribution in [0.2, 0.25) is 0 Å². The van der Waals surface area contributed by atoms with Crippen molar-refractivity contribution in [1.82, 2.24) is 4.98 Å². The third-order valence-corrected chi connectivity index (χ3v) is 3.05. The lowest BCUT2D eigenvalue weighted by Crippen LogP contribution is -2.21. The number of hydrogen-bond acceptors (Lipinski definition) is 5. The van der Waals surface area contributed by atoms with Crippen molar-refractivity contribution in [3.05, 3.63) is 24.0 Å². The van der Waals surface area contributed by atoms with Gasteiger partial charge in [0.05, 0.1) is 7.11 Å². The van der Waals surface area contributed by atoms with E-state index in [0.29, 0.717) is 11.6 Å². The molecule has 1 unspecified atom stereocenters. The molecule has 1 aliphatic heterocycles. The standard InChI is InChI=1S/C12H16N2O3/c1-17-12(16)11-6-10(2-4-13-11)14-5-3-9(7-14)8-15/h2,4,6,9,15H,3,5,7-8H2,1H3. The summed E-state index contributed by atoms with van der Waals surface area (Å²) in [4.78, 5) is 17.5. The van der Waals surface area contributed by atoms with Crippen molar-refractivity contribution >= 4 is 11.7 Å². The van der Waals surface area contributed by atoms with Crippen LogP contribution in [0.5, 0.6) is 0 Å². The molecule has 2 rings (SSSR count). The van der Waals surface area contributed by atoms with Crippen LogP contribution in [0.4, 0.5) is 5.69 Å². The lowest BCUT2D eigenvalue weighted by Gasteiger charge is -2.18. The molecule has 1 atom stereocenters. The number of esters is 1. The Labute approximate surface area is 100 Å². The quantitative estimate of drug-likeness (QED) is 0.782. The Morgan fingerprint density at radius 2 is 2.53 bits per heavy atom. The summed E-state index contributed by atoms with van der Waals surface area (Å²) in [5.74, 6) is -0.102. The van der Waals surface area contributed by atoms with Crippen LogP contribution in [0.25, 0.3) is 0 Å². The minimum absolute atomic E-state index is 0.214. The minimum Gasteiger partial charge on any atom is -0.464 e. The zero-order valence-electron chi connectivity index (χ0n) is 9.80. The first kappa shape index (κ1) is 11.9. The van der Waals surface area contributed by atoms with Crippen LogP contribution < -0.4 is 4.90 Å². The maximum absolute atomic E-state index is 11.4. The number of rotatable bonds is 3. The van der Waals surface area contributed by atoms with Crippen molar-refractivity contribution in [2.75, 3.05) is 31.7 Å². The molecule has 1 saturated heterocycles. The van der Waals surface area contributed by atoms with Gasteiger partial charge in [0, 0.05) is 37.5 Å². The predicted octanol–water partition coefficient (Wildman–Crippen LogP) is 0.687. The maximum atomic E-state index is 11.4. The first-order valence-corrected chi connectivity index (χ1v) is 5.64. The molecule has 1 N–H and O–H groups in total. The van der Waals surface area contributed by atoms with Crippen LogP contribution in [-0.4, -0.2) is 42.9 Å². The molecule has 0 radical (unpaired) electrons. The molecule has 5 heteroatoms. The number of hydrogen-bond donors (Lipinski definition) is 1. The Morgan fingerprint density at radius 3 is 3.18 bits per heavy atom. The van der Waals surface area contributed by atoms with Gasteiger partial charge in [-0.05, 0) is 18.6 Å². The van der Waals surface area contributed by atoms with E-state index in [1.165, 1.54) is 7.11 Å². The molecule has 0 spiro atoms. The van der Waals surface area contributed by atoms with Crippen LogP contribution in [0.1, 0.15) is 16.9 Å². The summed E-state index contributed by atoms with van der Waals surface area (Å²) >= 11 is 0. The highest BCUT2D eigenvalue weighted by Crippen LogP contribution is 2.23. The molecule has 5 nitrogen and oxygen atoms in total. The van der Waals surface area contributed by atoms with Gasteiger partial charge in [-0.15, -0.1) is 0 Å². The molecule has 17 heavy (non-hydrogen) atoms. The number of methoxy groups -OCH3 is 1. The van der Waals surface area contributed by atoms with Crippen LogP contribution in [0, 0.1) is 5.92 Å². The van der Waals surface area contributed by atoms with Gasteiger partial charge >= 0.3 is 5.97 Å². The topological polar surface area (TPSA) is 62.7 Å². The van der Waals surface area contributed by atoms with Crippen LogP contribution in [0.3, 0.4) is 0 Å². The van der Waals surface area contributed by atoms with E-state index < -0.39 is 5.97 Å². The van der Waals surface area contributed by atoms with Gasteiger partial charge in [0.15, 0.2) is 0 Å². The van der Waals surface area contributed by atoms with Crippen molar-refractivity contribution in [3.8, 4) is 0 Å². The monoisotopic (exact) mass is 236 g/mol. The minimum atomic E-state index is -0.426. The highest BCUT2D eigenvalue weighted by atomic mass is 16.5. The van der Waals surface area contributed by atoms with Crippen molar-refractivity contribution in [2.45, 2.75) is 6.42 Å². The van der Waals surface area contributed by atoms with Gasteiger partial charge < -0.3 is 14.7 Å². The number of aliphatic hydroxyl groups excluding tert-OH is 1. The molecule has 0 amide bonds. The summed E-state index contributed by atoms with van der Waals surface area (Å²) in [5, 5.41) is 9.10. The Bertz CT molecular complexity index is 408. The average molecular weight is 236 g/mol. The van der Waals surface area contributed by atoms with Gasteiger partial charge in [-0.1, -0.05) is 0 Å². The third-order valence-electron chi connectivity index (χ3n) is 3.05. The maximum Gasteiger partial charge on any atom is 0.356 e. The van der Waals surface area contributed by atoms with E-state index in [1.807, 2.05) is 6.07 Å². The summed E-state index contributed by atoms with van der Waals surface area (Å²) in [7, 11) is 1.34. The Morgan fingerprint density at radius 1 is 1.71 bits per heavy atom. The Balaban J connectivity index is 2.14. The largest absolute Gasteiger partial charge is 0.464 e. The average Bonchev–Trinajstić information content (AvgIpc) is 2.86. The molecule has 92 valence electrons. The second kappa shape index (κ2) is 5.14. The number of carbonyl (C=O) groups is 1. The molecular formula is C12H16N2O3. The summed E-state index contributed by atoms with van der Waals surface area (Å²) < 4.78 is 4.64. The summed E-state index contributed by atoms with van der Waals surface area (Å²) in [6, 6.07) is 3.60. The number of nitrogens with zero attached hydrogens (tertiary/aromatic N) is 2. The van der Waals surface area contributed by atoms with E-state index in [4.69, 9.17) is 5.11 Å². The Hall–Kier alpha value is -1.62. The van der Waals surface area contributed by atoms with Gasteiger partial charge in [0.25, 0.3) is 0 Å². The number of anilines is 1. The first-order chi connectivity index (χ1) is 8.24. The summed E-state index contributed by atoms with van der Waals surface area (Å²) in [6.07, 6.45) is 2.58. The zero-order valence-corrected chi connectivity index (χ0v) is 9.80. The highest BCUT2D eigenvalue weighted by Gasteiger charge is 2.22. The normalized spacial score (nSPS) is 19.4. The summed E-state index contributed by atoms with van der Waals surface area (Å²) in [5.41, 5.74) is 1.27. The second-order valence-electron chi connectivity index (χ2n) is 4.17. The van der Waals surface area contributed by atoms with Gasteiger partial charge in [0.1, 0.15) is 5.69 Å². The number of ether oxygens (including phenoxy) is 1. The van der Waals surface area contributed by atoms with E-state index in [0.717, 1.165) is 25.2 Å². The molecule has 0 bridgehead atoms. The molecule has 1 aromatic rings. The van der Waals surface area contributed by atoms with Crippen LogP contribution in [-0.2, 0) is 4.74 Å². The van der Waals surface area contributed by atoms with E-state index in [9.17, 15) is 4.79 Å². The van der Waals surface area contributed by atoms with Crippen molar-refractivity contribution < 1.29 is 14.6 Å². The van der Waals surface area contributed by atoms with Crippen LogP contribution in [0.15, 0.2) is 18.3 Å². The molecule has 2 heterocycles. The second-order valence-corrected chi connectivity index (χ2v) is 4.17. The SMILES string of the molecule is COC(=O)c1cc(N2CCC(CO)C2)ccn1. The van der Waals surface area contributed by atoms with Crippen molar-refractivity contribution in [2.24, 2.45) is 5.92 Å². The molecule has 1 aliphatic rings. The number of aromatic nitrogens is 1. The van der Waals surface area contributed by atoms with E-state index in [1.54, 1.807) is 12.3 Å². The third kappa shape index (κ3) is 2.55. The molecular weight excluding hydrogens is 220 g/mol. The number of aliphatic hydroxyl groups is 1. The lowest BCUT2D eigenvalue weighted by molar-refractivity contribution is 0.0594. The fourth-order valence-electron chi connectivity index (χ4n) is 2.05. The zero-order chi connectivity index (χ0) is 12.3. The molecule has 1 aromatic heterocycles. The first-order valence-electron chi connectivity index (χ1n) is 5.64. The van der Waals surface area contributed by atoms with E-state index in [-0.39, 0.29) is 6.61 Å². The van der Waals surface area contributed by atoms with Gasteiger partial charge in [-0.3, -0.25) is 0 Å². The van der Waals surface area contributed by atoms with Crippen molar-refractivity contribution in [3.63, 3.8) is 0 Å². The molecule has 0 aliphatic carbocycles. The number of carbonyl (C=O) groups excluding carboxylic acids is 1. The van der Waals surface area contributed by atoms with Crippen LogP contribution >= 0.6 is 0 Å². The smallest absolute Gasteiger partial charge is 0.356 e. The molecule has 0 saturated carbocycles. The molecule has 1 fully saturated rings. The summed E-state index contributed by atoms with van der Waals surface area (Å²) in [6.45, 7) is 1.93. The Kier molecular flexibility index (Phi) is 3.58. The fraction of sp³-hybridized carbons (Fsp3) is 0.500. The predicted molar refractivity (Wildman–Crippen MR) is 63.0 cm³/mol. The lowest BCUT2D eigenvalue weighted by atomic mass is 10.1. The fourth-order valence-corrected chi connectivity index (χ4v) is 2.05. The van der Waals surface area contributed by atoms with E-state index >= 15 is 0 Å². The van der Waals surface area contributed by atoms with Crippen molar-refractivity contribution in [1.29, 1.82) is 0 Å². The van der Waals surface area contributed by atoms with Gasteiger partial charge in [-0.25, -0.2) is 9.78 Å². The van der Waals surface area contributed by atoms with Gasteiger partial charge in [-0.2, -0.15) is 0 Å².